The number of hydrogen-bond donors (Lipinski definition) is 0. The van der Waals surface area contributed by atoms with Gasteiger partial charge in [-0.1, -0.05) is 46.7 Å². The minimum Gasteiger partial charge on any atom is -0.309 e. The van der Waals surface area contributed by atoms with Crippen LogP contribution < -0.4 is 4.90 Å². The van der Waals surface area contributed by atoms with Crippen molar-refractivity contribution in [3.63, 3.8) is 0 Å². The third kappa shape index (κ3) is 5.39. The highest BCUT2D eigenvalue weighted by Gasteiger charge is 2.42. The predicted octanol–water partition coefficient (Wildman–Crippen LogP) is 4.70. The topological polar surface area (TPSA) is 73.8 Å². The summed E-state index contributed by atoms with van der Waals surface area (Å²) in [7, 11) is 0.174. The van der Waals surface area contributed by atoms with Gasteiger partial charge in [-0.2, -0.15) is 4.31 Å². The van der Waals surface area contributed by atoms with Crippen LogP contribution in [0.1, 0.15) is 30.4 Å². The zero-order chi connectivity index (χ0) is 25.3. The summed E-state index contributed by atoms with van der Waals surface area (Å²) in [5.41, 5.74) is 2.74. The Labute approximate surface area is 216 Å². The molecule has 3 aromatic rings. The molecule has 10 heteroatoms. The van der Waals surface area contributed by atoms with Gasteiger partial charge in [0.1, 0.15) is 6.04 Å². The molecule has 0 N–H and O–H groups in total. The normalized spacial score (nSPS) is 16.9. The average Bonchev–Trinajstić information content (AvgIpc) is 3.48. The van der Waals surface area contributed by atoms with Crippen LogP contribution >= 0.6 is 22.9 Å². The fraction of sp³-hybridized carbons (Fsp3) is 0.440. The lowest BCUT2D eigenvalue weighted by molar-refractivity contribution is -0.121. The third-order valence-electron chi connectivity index (χ3n) is 6.29. The predicted molar refractivity (Wildman–Crippen MR) is 143 cm³/mol. The van der Waals surface area contributed by atoms with Crippen LogP contribution in [0.15, 0.2) is 41.3 Å². The van der Waals surface area contributed by atoms with Gasteiger partial charge in [-0.05, 0) is 77.5 Å². The molecule has 188 valence electrons. The number of halogens is 1. The second kappa shape index (κ2) is 10.5. The quantitative estimate of drug-likeness (QED) is 0.418. The van der Waals surface area contributed by atoms with Crippen LogP contribution in [-0.4, -0.2) is 68.3 Å². The number of thiazole rings is 1. The van der Waals surface area contributed by atoms with E-state index in [0.717, 1.165) is 34.3 Å². The number of amides is 1. The molecule has 1 amide bonds. The van der Waals surface area contributed by atoms with Crippen molar-refractivity contribution in [3.8, 4) is 0 Å². The Morgan fingerprint density at radius 2 is 1.86 bits per heavy atom. The SMILES string of the molecule is Cc1ccc(S(=O)(=O)N2CCCC2C(=O)N(CCCN(C)C)c2nc3c(C)ccc(Cl)c3s2)cc1. The van der Waals surface area contributed by atoms with Crippen LogP contribution in [-0.2, 0) is 14.8 Å². The standard InChI is InChI=1S/C25H31ClN4O3S2/c1-17-8-11-19(12-9-17)35(32,33)30-16-5-7-21(30)24(31)29(15-6-14-28(3)4)25-27-22-18(2)10-13-20(26)23(22)34-25/h8-13,21H,5-7,14-16H2,1-4H3. The molecular formula is C25H31ClN4O3S2. The van der Waals surface area contributed by atoms with Gasteiger partial charge in [-0.25, -0.2) is 13.4 Å². The maximum absolute atomic E-state index is 14.0. The Balaban J connectivity index is 1.69. The molecule has 0 bridgehead atoms. The van der Waals surface area contributed by atoms with Crippen molar-refractivity contribution in [2.75, 3.05) is 38.6 Å². The lowest BCUT2D eigenvalue weighted by Gasteiger charge is -2.29. The molecule has 1 aliphatic rings. The van der Waals surface area contributed by atoms with Crippen molar-refractivity contribution in [1.82, 2.24) is 14.2 Å². The number of anilines is 1. The van der Waals surface area contributed by atoms with Crippen molar-refractivity contribution in [1.29, 1.82) is 0 Å². The van der Waals surface area contributed by atoms with Crippen LogP contribution in [0.4, 0.5) is 5.13 Å². The number of carbonyl (C=O) groups excluding carboxylic acids is 1. The number of benzene rings is 2. The van der Waals surface area contributed by atoms with E-state index in [2.05, 4.69) is 4.90 Å². The van der Waals surface area contributed by atoms with E-state index in [4.69, 9.17) is 16.6 Å². The lowest BCUT2D eigenvalue weighted by atomic mass is 10.2. The molecule has 35 heavy (non-hydrogen) atoms. The molecule has 0 aliphatic carbocycles. The monoisotopic (exact) mass is 534 g/mol. The second-order valence-electron chi connectivity index (χ2n) is 9.27. The van der Waals surface area contributed by atoms with Crippen molar-refractivity contribution in [2.45, 2.75) is 44.0 Å². The highest BCUT2D eigenvalue weighted by molar-refractivity contribution is 7.89. The Hall–Kier alpha value is -2.04. The van der Waals surface area contributed by atoms with E-state index in [-0.39, 0.29) is 10.8 Å². The molecule has 2 aromatic carbocycles. The fourth-order valence-corrected chi connectivity index (χ4v) is 7.35. The van der Waals surface area contributed by atoms with Crippen LogP contribution in [0.3, 0.4) is 0 Å². The first-order valence-electron chi connectivity index (χ1n) is 11.7. The summed E-state index contributed by atoms with van der Waals surface area (Å²) in [5, 5.41) is 1.15. The summed E-state index contributed by atoms with van der Waals surface area (Å²) in [6.45, 7) is 5.44. The van der Waals surface area contributed by atoms with Gasteiger partial charge in [0.25, 0.3) is 0 Å². The first kappa shape index (κ1) is 26.0. The number of fused-ring (bicyclic) bond motifs is 1. The highest BCUT2D eigenvalue weighted by Crippen LogP contribution is 2.37. The van der Waals surface area contributed by atoms with Gasteiger partial charge in [-0.3, -0.25) is 9.69 Å². The van der Waals surface area contributed by atoms with E-state index in [0.29, 0.717) is 36.1 Å². The van der Waals surface area contributed by atoms with Gasteiger partial charge in [0, 0.05) is 13.1 Å². The molecular weight excluding hydrogens is 504 g/mol. The minimum atomic E-state index is -3.80. The number of nitrogens with zero attached hydrogens (tertiary/aromatic N) is 4. The maximum atomic E-state index is 14.0. The van der Waals surface area contributed by atoms with Crippen LogP contribution in [0.25, 0.3) is 10.2 Å². The minimum absolute atomic E-state index is 0.212. The van der Waals surface area contributed by atoms with E-state index in [1.54, 1.807) is 29.2 Å². The van der Waals surface area contributed by atoms with Crippen molar-refractivity contribution in [2.24, 2.45) is 0 Å². The molecule has 7 nitrogen and oxygen atoms in total. The van der Waals surface area contributed by atoms with E-state index < -0.39 is 16.1 Å². The van der Waals surface area contributed by atoms with Crippen molar-refractivity contribution >= 4 is 54.2 Å². The Morgan fingerprint density at radius 1 is 1.14 bits per heavy atom. The molecule has 1 aliphatic heterocycles. The summed E-state index contributed by atoms with van der Waals surface area (Å²) in [4.78, 5) is 22.7. The van der Waals surface area contributed by atoms with E-state index in [1.165, 1.54) is 15.6 Å². The zero-order valence-electron chi connectivity index (χ0n) is 20.5. The van der Waals surface area contributed by atoms with E-state index in [9.17, 15) is 13.2 Å². The fourth-order valence-electron chi connectivity index (χ4n) is 4.35. The van der Waals surface area contributed by atoms with Crippen molar-refractivity contribution in [3.05, 3.63) is 52.5 Å². The van der Waals surface area contributed by atoms with E-state index >= 15 is 0 Å². The molecule has 4 rings (SSSR count). The molecule has 0 radical (unpaired) electrons. The largest absolute Gasteiger partial charge is 0.309 e. The number of aryl methyl sites for hydroxylation is 2. The van der Waals surface area contributed by atoms with Gasteiger partial charge in [-0.15, -0.1) is 0 Å². The van der Waals surface area contributed by atoms with E-state index in [1.807, 2.05) is 40.1 Å². The van der Waals surface area contributed by atoms with Crippen LogP contribution in [0.2, 0.25) is 5.02 Å². The molecule has 0 spiro atoms. The molecule has 1 unspecified atom stereocenters. The second-order valence-corrected chi connectivity index (χ2v) is 12.5. The molecule has 1 fully saturated rings. The molecule has 1 aromatic heterocycles. The molecule has 1 atom stereocenters. The Kier molecular flexibility index (Phi) is 7.83. The highest BCUT2D eigenvalue weighted by atomic mass is 35.5. The van der Waals surface area contributed by atoms with Gasteiger partial charge < -0.3 is 4.90 Å². The average molecular weight is 535 g/mol. The number of hydrogen-bond acceptors (Lipinski definition) is 6. The summed E-state index contributed by atoms with van der Waals surface area (Å²) >= 11 is 7.81. The van der Waals surface area contributed by atoms with Crippen LogP contribution in [0, 0.1) is 13.8 Å². The molecule has 1 saturated heterocycles. The van der Waals surface area contributed by atoms with Gasteiger partial charge in [0.2, 0.25) is 15.9 Å². The van der Waals surface area contributed by atoms with Crippen molar-refractivity contribution < 1.29 is 13.2 Å². The smallest absolute Gasteiger partial charge is 0.247 e. The summed E-state index contributed by atoms with van der Waals surface area (Å²) in [6, 6.07) is 9.77. The Bertz CT molecular complexity index is 1280. The van der Waals surface area contributed by atoms with Crippen LogP contribution in [0.5, 0.6) is 0 Å². The lowest BCUT2D eigenvalue weighted by Crippen LogP contribution is -2.48. The summed E-state index contributed by atoms with van der Waals surface area (Å²) in [5.74, 6) is -0.232. The molecule has 0 saturated carbocycles. The maximum Gasteiger partial charge on any atom is 0.247 e. The summed E-state index contributed by atoms with van der Waals surface area (Å²) in [6.07, 6.45) is 1.86. The zero-order valence-corrected chi connectivity index (χ0v) is 22.9. The number of carbonyl (C=O) groups is 1. The Morgan fingerprint density at radius 3 is 2.51 bits per heavy atom. The first-order chi connectivity index (χ1) is 16.6. The number of sulfonamides is 1. The molecule has 2 heterocycles. The first-order valence-corrected chi connectivity index (χ1v) is 14.3. The summed E-state index contributed by atoms with van der Waals surface area (Å²) < 4.78 is 29.1. The number of rotatable bonds is 8. The third-order valence-corrected chi connectivity index (χ3v) is 9.75. The van der Waals surface area contributed by atoms with Gasteiger partial charge in [0.15, 0.2) is 5.13 Å². The van der Waals surface area contributed by atoms with Gasteiger partial charge >= 0.3 is 0 Å². The number of aromatic nitrogens is 1. The van der Waals surface area contributed by atoms with Gasteiger partial charge in [0.05, 0.1) is 20.1 Å².